The Labute approximate surface area is 154 Å². The van der Waals surface area contributed by atoms with Gasteiger partial charge in [-0.05, 0) is 29.8 Å². The van der Waals surface area contributed by atoms with E-state index >= 15 is 0 Å². The summed E-state index contributed by atoms with van der Waals surface area (Å²) in [6, 6.07) is 10.3. The molecule has 1 amide bonds. The Morgan fingerprint density at radius 2 is 1.65 bits per heavy atom. The molecule has 2 rings (SSSR count). The standard InChI is InChI=1S/C16H13Cl4NO2/c17-11-2-1-10(14(19)5-11)8-23-16(7-21-9-22)13-4-3-12(18)6-15(13)20/h1-6,9,16H,7-8H2,(H,21,22)/t16-/m0/s1. The van der Waals surface area contributed by atoms with Crippen LogP contribution in [-0.2, 0) is 16.1 Å². The molecular weight excluding hydrogens is 380 g/mol. The molecule has 1 N–H and O–H groups in total. The van der Waals surface area contributed by atoms with E-state index in [1.165, 1.54) is 0 Å². The fourth-order valence-corrected chi connectivity index (χ4v) is 3.00. The zero-order valence-corrected chi connectivity index (χ0v) is 14.9. The topological polar surface area (TPSA) is 38.3 Å². The Bertz CT molecular complexity index is 694. The maximum absolute atomic E-state index is 10.6. The minimum absolute atomic E-state index is 0.250. The lowest BCUT2D eigenvalue weighted by molar-refractivity contribution is -0.110. The van der Waals surface area contributed by atoms with Gasteiger partial charge in [0.1, 0.15) is 6.10 Å². The Balaban J connectivity index is 2.16. The third-order valence-electron chi connectivity index (χ3n) is 3.15. The van der Waals surface area contributed by atoms with Gasteiger partial charge in [-0.2, -0.15) is 0 Å². The van der Waals surface area contributed by atoms with Crippen LogP contribution in [0.15, 0.2) is 36.4 Å². The maximum Gasteiger partial charge on any atom is 0.207 e. The summed E-state index contributed by atoms with van der Waals surface area (Å²) in [6.07, 6.45) is 0.173. The molecule has 0 unspecified atom stereocenters. The summed E-state index contributed by atoms with van der Waals surface area (Å²) < 4.78 is 5.88. The van der Waals surface area contributed by atoms with Crippen molar-refractivity contribution in [1.29, 1.82) is 0 Å². The van der Waals surface area contributed by atoms with Crippen LogP contribution in [0.4, 0.5) is 0 Å². The van der Waals surface area contributed by atoms with Crippen LogP contribution in [-0.4, -0.2) is 13.0 Å². The minimum atomic E-state index is -0.434. The number of halogens is 4. The van der Waals surface area contributed by atoms with Crippen molar-refractivity contribution in [2.75, 3.05) is 6.54 Å². The van der Waals surface area contributed by atoms with E-state index in [1.807, 2.05) is 0 Å². The first-order valence-electron chi connectivity index (χ1n) is 6.68. The third kappa shape index (κ3) is 5.27. The van der Waals surface area contributed by atoms with Gasteiger partial charge < -0.3 is 10.1 Å². The normalized spacial score (nSPS) is 12.0. The molecular formula is C16H13Cl4NO2. The van der Waals surface area contributed by atoms with Crippen molar-refractivity contribution >= 4 is 52.8 Å². The smallest absolute Gasteiger partial charge is 0.207 e. The number of amides is 1. The number of ether oxygens (including phenoxy) is 1. The van der Waals surface area contributed by atoms with Crippen LogP contribution in [0, 0.1) is 0 Å². The lowest BCUT2D eigenvalue weighted by Crippen LogP contribution is -2.22. The van der Waals surface area contributed by atoms with E-state index in [-0.39, 0.29) is 13.2 Å². The zero-order chi connectivity index (χ0) is 16.8. The first kappa shape index (κ1) is 18.4. The predicted octanol–water partition coefficient (Wildman–Crippen LogP) is 5.30. The van der Waals surface area contributed by atoms with Gasteiger partial charge >= 0.3 is 0 Å². The van der Waals surface area contributed by atoms with E-state index in [0.717, 1.165) is 11.1 Å². The van der Waals surface area contributed by atoms with Gasteiger partial charge in [-0.1, -0.05) is 58.5 Å². The average Bonchev–Trinajstić information content (AvgIpc) is 2.50. The largest absolute Gasteiger partial charge is 0.367 e. The van der Waals surface area contributed by atoms with Crippen LogP contribution < -0.4 is 5.32 Å². The molecule has 0 fully saturated rings. The molecule has 3 nitrogen and oxygen atoms in total. The lowest BCUT2D eigenvalue weighted by Gasteiger charge is -2.20. The molecule has 122 valence electrons. The van der Waals surface area contributed by atoms with Crippen molar-refractivity contribution in [2.45, 2.75) is 12.7 Å². The Kier molecular flexibility index (Phi) is 7.00. The maximum atomic E-state index is 10.6. The van der Waals surface area contributed by atoms with Gasteiger partial charge in [0.25, 0.3) is 0 Å². The summed E-state index contributed by atoms with van der Waals surface area (Å²) in [4.78, 5) is 10.6. The van der Waals surface area contributed by atoms with E-state index < -0.39 is 6.10 Å². The summed E-state index contributed by atoms with van der Waals surface area (Å²) in [5, 5.41) is 4.67. The van der Waals surface area contributed by atoms with Gasteiger partial charge in [0, 0.05) is 32.2 Å². The van der Waals surface area contributed by atoms with Crippen molar-refractivity contribution in [2.24, 2.45) is 0 Å². The van der Waals surface area contributed by atoms with Crippen molar-refractivity contribution < 1.29 is 9.53 Å². The average molecular weight is 393 g/mol. The molecule has 0 aromatic heterocycles. The van der Waals surface area contributed by atoms with Crippen LogP contribution in [0.5, 0.6) is 0 Å². The SMILES string of the molecule is O=CNC[C@H](OCc1ccc(Cl)cc1Cl)c1ccc(Cl)cc1Cl. The van der Waals surface area contributed by atoms with E-state index in [0.29, 0.717) is 26.5 Å². The van der Waals surface area contributed by atoms with Gasteiger partial charge in [-0.15, -0.1) is 0 Å². The molecule has 23 heavy (non-hydrogen) atoms. The summed E-state index contributed by atoms with van der Waals surface area (Å²) in [6.45, 7) is 0.524. The highest BCUT2D eigenvalue weighted by Gasteiger charge is 2.16. The zero-order valence-electron chi connectivity index (χ0n) is 11.9. The molecule has 0 saturated carbocycles. The van der Waals surface area contributed by atoms with Gasteiger partial charge in [0.2, 0.25) is 6.41 Å². The molecule has 2 aromatic rings. The first-order chi connectivity index (χ1) is 11.0. The number of carbonyl (C=O) groups is 1. The molecule has 0 spiro atoms. The van der Waals surface area contributed by atoms with Gasteiger partial charge in [0.15, 0.2) is 0 Å². The summed E-state index contributed by atoms with van der Waals surface area (Å²) in [7, 11) is 0. The Hall–Kier alpha value is -0.970. The van der Waals surface area contributed by atoms with Crippen LogP contribution in [0.25, 0.3) is 0 Å². The Morgan fingerprint density at radius 3 is 2.26 bits per heavy atom. The van der Waals surface area contributed by atoms with E-state index in [2.05, 4.69) is 5.32 Å². The summed E-state index contributed by atoms with van der Waals surface area (Å²) in [5.74, 6) is 0. The molecule has 1 atom stereocenters. The van der Waals surface area contributed by atoms with Crippen molar-refractivity contribution in [3.8, 4) is 0 Å². The highest BCUT2D eigenvalue weighted by molar-refractivity contribution is 6.35. The molecule has 7 heteroatoms. The molecule has 0 bridgehead atoms. The number of benzene rings is 2. The Morgan fingerprint density at radius 1 is 1.00 bits per heavy atom. The molecule has 0 aliphatic carbocycles. The van der Waals surface area contributed by atoms with Gasteiger partial charge in [-0.25, -0.2) is 0 Å². The lowest BCUT2D eigenvalue weighted by atomic mass is 10.1. The predicted molar refractivity (Wildman–Crippen MR) is 94.5 cm³/mol. The second kappa shape index (κ2) is 8.76. The fraction of sp³-hybridized carbons (Fsp3) is 0.188. The van der Waals surface area contributed by atoms with Crippen molar-refractivity contribution in [3.63, 3.8) is 0 Å². The van der Waals surface area contributed by atoms with Crippen LogP contribution in [0.3, 0.4) is 0 Å². The van der Waals surface area contributed by atoms with Gasteiger partial charge in [-0.3, -0.25) is 4.79 Å². The monoisotopic (exact) mass is 391 g/mol. The van der Waals surface area contributed by atoms with Crippen molar-refractivity contribution in [3.05, 3.63) is 67.6 Å². The number of nitrogens with one attached hydrogen (secondary N) is 1. The highest BCUT2D eigenvalue weighted by Crippen LogP contribution is 2.30. The van der Waals surface area contributed by atoms with Crippen LogP contribution in [0.1, 0.15) is 17.2 Å². The third-order valence-corrected chi connectivity index (χ3v) is 4.30. The van der Waals surface area contributed by atoms with Crippen LogP contribution >= 0.6 is 46.4 Å². The van der Waals surface area contributed by atoms with E-state index in [4.69, 9.17) is 51.1 Å². The van der Waals surface area contributed by atoms with Crippen molar-refractivity contribution in [1.82, 2.24) is 5.32 Å². The van der Waals surface area contributed by atoms with Crippen LogP contribution in [0.2, 0.25) is 20.1 Å². The summed E-state index contributed by atoms with van der Waals surface area (Å²) in [5.41, 5.74) is 1.52. The van der Waals surface area contributed by atoms with Gasteiger partial charge in [0.05, 0.1) is 6.61 Å². The molecule has 2 aromatic carbocycles. The molecule has 0 radical (unpaired) electrons. The molecule has 0 saturated heterocycles. The van der Waals surface area contributed by atoms with E-state index in [1.54, 1.807) is 36.4 Å². The first-order valence-corrected chi connectivity index (χ1v) is 8.20. The highest BCUT2D eigenvalue weighted by atomic mass is 35.5. The minimum Gasteiger partial charge on any atom is -0.367 e. The molecule has 0 heterocycles. The molecule has 0 aliphatic heterocycles. The second-order valence-corrected chi connectivity index (χ2v) is 6.41. The summed E-state index contributed by atoms with van der Waals surface area (Å²) >= 11 is 24.1. The number of rotatable bonds is 7. The number of hydrogen-bond donors (Lipinski definition) is 1. The second-order valence-electron chi connectivity index (χ2n) is 4.73. The van der Waals surface area contributed by atoms with E-state index in [9.17, 15) is 4.79 Å². The number of carbonyl (C=O) groups excluding carboxylic acids is 1. The quantitative estimate of drug-likeness (QED) is 0.649. The number of hydrogen-bond acceptors (Lipinski definition) is 2. The fourth-order valence-electron chi connectivity index (χ4n) is 2.01. The molecule has 0 aliphatic rings.